The van der Waals surface area contributed by atoms with Crippen molar-refractivity contribution in [1.29, 1.82) is 0 Å². The molecule has 0 atom stereocenters. The van der Waals surface area contributed by atoms with E-state index in [9.17, 15) is 0 Å². The van der Waals surface area contributed by atoms with Gasteiger partial charge in [-0.3, -0.25) is 0 Å². The molecule has 0 saturated heterocycles. The van der Waals surface area contributed by atoms with Crippen LogP contribution in [0.4, 0.5) is 0 Å². The zero-order chi connectivity index (χ0) is 11.4. The molecule has 1 saturated carbocycles. The lowest BCUT2D eigenvalue weighted by Crippen LogP contribution is -2.43. The second-order valence-corrected chi connectivity index (χ2v) is 6.10. The summed E-state index contributed by atoms with van der Waals surface area (Å²) in [5, 5.41) is 3.59. The van der Waals surface area contributed by atoms with Crippen LogP contribution in [0.2, 0.25) is 0 Å². The van der Waals surface area contributed by atoms with E-state index in [1.807, 2.05) is 11.8 Å². The van der Waals surface area contributed by atoms with Gasteiger partial charge in [-0.05, 0) is 31.6 Å². The predicted molar refractivity (Wildman–Crippen MR) is 73.0 cm³/mol. The van der Waals surface area contributed by atoms with E-state index in [2.05, 4.69) is 42.8 Å². The molecule has 16 heavy (non-hydrogen) atoms. The third kappa shape index (κ3) is 2.80. The van der Waals surface area contributed by atoms with Gasteiger partial charge in [-0.25, -0.2) is 0 Å². The lowest BCUT2D eigenvalue weighted by molar-refractivity contribution is 0.345. The molecule has 1 N–H and O–H groups in total. The number of rotatable bonds is 5. The Morgan fingerprint density at radius 3 is 2.44 bits per heavy atom. The van der Waals surface area contributed by atoms with Crippen molar-refractivity contribution in [3.05, 3.63) is 35.4 Å². The zero-order valence-electron chi connectivity index (χ0n) is 10.3. The molecule has 1 aliphatic carbocycles. The molecule has 1 aliphatic rings. The lowest BCUT2D eigenvalue weighted by Gasteiger charge is -2.40. The Morgan fingerprint density at radius 2 is 1.94 bits per heavy atom. The normalized spacial score (nSPS) is 18.1. The Kier molecular flexibility index (Phi) is 3.93. The molecule has 2 heteroatoms. The van der Waals surface area contributed by atoms with E-state index in [1.54, 1.807) is 0 Å². The van der Waals surface area contributed by atoms with E-state index >= 15 is 0 Å². The quantitative estimate of drug-likeness (QED) is 0.840. The Morgan fingerprint density at radius 1 is 1.25 bits per heavy atom. The fourth-order valence-corrected chi connectivity index (χ4v) is 3.11. The largest absolute Gasteiger partial charge is 0.311 e. The smallest absolute Gasteiger partial charge is 0.0281 e. The first-order valence-electron chi connectivity index (χ1n) is 6.06. The first-order chi connectivity index (χ1) is 7.74. The third-order valence-electron chi connectivity index (χ3n) is 3.59. The molecule has 0 aromatic heterocycles. The first-order valence-corrected chi connectivity index (χ1v) is 7.28. The van der Waals surface area contributed by atoms with E-state index in [0.29, 0.717) is 4.75 Å². The maximum Gasteiger partial charge on any atom is 0.0281 e. The first kappa shape index (κ1) is 12.0. The number of thioether (sulfide) groups is 1. The highest BCUT2D eigenvalue weighted by Gasteiger charge is 2.35. The van der Waals surface area contributed by atoms with Crippen molar-refractivity contribution >= 4 is 11.8 Å². The number of aryl methyl sites for hydroxylation is 1. The average molecular weight is 235 g/mol. The van der Waals surface area contributed by atoms with Crippen LogP contribution in [0.1, 0.15) is 30.4 Å². The Labute approximate surface area is 103 Å². The third-order valence-corrected chi connectivity index (χ3v) is 5.01. The van der Waals surface area contributed by atoms with Crippen LogP contribution in [0.25, 0.3) is 0 Å². The fraction of sp³-hybridized carbons (Fsp3) is 0.571. The van der Waals surface area contributed by atoms with E-state index < -0.39 is 0 Å². The number of benzene rings is 1. The van der Waals surface area contributed by atoms with Crippen molar-refractivity contribution in [2.75, 3.05) is 12.8 Å². The maximum absolute atomic E-state index is 3.59. The molecule has 0 bridgehead atoms. The molecule has 0 spiro atoms. The van der Waals surface area contributed by atoms with Crippen LogP contribution >= 0.6 is 11.8 Å². The summed E-state index contributed by atoms with van der Waals surface area (Å²) in [4.78, 5) is 0. The van der Waals surface area contributed by atoms with Gasteiger partial charge in [0, 0.05) is 17.8 Å². The Hall–Kier alpha value is -0.470. The van der Waals surface area contributed by atoms with Crippen LogP contribution in [0.3, 0.4) is 0 Å². The van der Waals surface area contributed by atoms with Crippen molar-refractivity contribution in [1.82, 2.24) is 5.32 Å². The van der Waals surface area contributed by atoms with Crippen LogP contribution in [-0.4, -0.2) is 17.5 Å². The van der Waals surface area contributed by atoms with Crippen molar-refractivity contribution in [3.8, 4) is 0 Å². The van der Waals surface area contributed by atoms with Crippen molar-refractivity contribution in [2.45, 2.75) is 37.5 Å². The fourth-order valence-electron chi connectivity index (χ4n) is 2.16. The zero-order valence-corrected chi connectivity index (χ0v) is 11.1. The minimum atomic E-state index is 0.546. The molecular weight excluding hydrogens is 214 g/mol. The molecule has 1 aromatic rings. The van der Waals surface area contributed by atoms with Crippen LogP contribution in [0.5, 0.6) is 0 Å². The van der Waals surface area contributed by atoms with Gasteiger partial charge in [0.15, 0.2) is 0 Å². The van der Waals surface area contributed by atoms with Gasteiger partial charge in [-0.15, -0.1) is 0 Å². The average Bonchev–Trinajstić information content (AvgIpc) is 2.25. The van der Waals surface area contributed by atoms with Gasteiger partial charge >= 0.3 is 0 Å². The highest BCUT2D eigenvalue weighted by molar-refractivity contribution is 8.00. The Balaban J connectivity index is 1.77. The molecule has 0 heterocycles. The van der Waals surface area contributed by atoms with E-state index in [4.69, 9.17) is 0 Å². The van der Waals surface area contributed by atoms with Crippen molar-refractivity contribution < 1.29 is 0 Å². The second kappa shape index (κ2) is 5.24. The van der Waals surface area contributed by atoms with Gasteiger partial charge in [0.1, 0.15) is 0 Å². The molecule has 0 radical (unpaired) electrons. The highest BCUT2D eigenvalue weighted by atomic mass is 32.2. The molecule has 0 amide bonds. The summed E-state index contributed by atoms with van der Waals surface area (Å²) in [6, 6.07) is 8.80. The summed E-state index contributed by atoms with van der Waals surface area (Å²) in [6.45, 7) is 4.29. The van der Waals surface area contributed by atoms with Gasteiger partial charge in [0.05, 0.1) is 0 Å². The van der Waals surface area contributed by atoms with E-state index in [-0.39, 0.29) is 0 Å². The van der Waals surface area contributed by atoms with Gasteiger partial charge in [0.25, 0.3) is 0 Å². The number of nitrogens with one attached hydrogen (secondary N) is 1. The van der Waals surface area contributed by atoms with Crippen LogP contribution in [0, 0.1) is 6.92 Å². The van der Waals surface area contributed by atoms with Gasteiger partial charge in [-0.2, -0.15) is 11.8 Å². The van der Waals surface area contributed by atoms with Crippen molar-refractivity contribution in [2.24, 2.45) is 0 Å². The van der Waals surface area contributed by atoms with Crippen LogP contribution in [-0.2, 0) is 6.54 Å². The summed E-state index contributed by atoms with van der Waals surface area (Å²) in [7, 11) is 0. The molecule has 88 valence electrons. The molecule has 1 nitrogen and oxygen atoms in total. The summed E-state index contributed by atoms with van der Waals surface area (Å²) >= 11 is 2.03. The lowest BCUT2D eigenvalue weighted by atomic mass is 9.84. The molecule has 1 aromatic carbocycles. The van der Waals surface area contributed by atoms with Gasteiger partial charge < -0.3 is 5.32 Å². The molecule has 2 rings (SSSR count). The highest BCUT2D eigenvalue weighted by Crippen LogP contribution is 2.42. The number of hydrogen-bond acceptors (Lipinski definition) is 2. The molecule has 1 fully saturated rings. The monoisotopic (exact) mass is 235 g/mol. The van der Waals surface area contributed by atoms with Crippen molar-refractivity contribution in [3.63, 3.8) is 0 Å². The van der Waals surface area contributed by atoms with Gasteiger partial charge in [0.2, 0.25) is 0 Å². The minimum Gasteiger partial charge on any atom is -0.311 e. The molecule has 0 aliphatic heterocycles. The summed E-state index contributed by atoms with van der Waals surface area (Å²) in [5.74, 6) is 0. The topological polar surface area (TPSA) is 12.0 Å². The predicted octanol–water partition coefficient (Wildman–Crippen LogP) is 3.37. The molecule has 0 unspecified atom stereocenters. The standard InChI is InChI=1S/C14H21NS/c1-12-4-6-13(7-5-12)10-15-11-14(16-2)8-3-9-14/h4-7,15H,3,8-11H2,1-2H3. The maximum atomic E-state index is 3.59. The summed E-state index contributed by atoms with van der Waals surface area (Å²) < 4.78 is 0.546. The summed E-state index contributed by atoms with van der Waals surface area (Å²) in [5.41, 5.74) is 2.73. The van der Waals surface area contributed by atoms with Crippen LogP contribution in [0.15, 0.2) is 24.3 Å². The number of hydrogen-bond donors (Lipinski definition) is 1. The molecular formula is C14H21NS. The van der Waals surface area contributed by atoms with Crippen LogP contribution < -0.4 is 5.32 Å². The minimum absolute atomic E-state index is 0.546. The Bertz CT molecular complexity index is 322. The second-order valence-electron chi connectivity index (χ2n) is 4.83. The van der Waals surface area contributed by atoms with Gasteiger partial charge in [-0.1, -0.05) is 36.2 Å². The van der Waals surface area contributed by atoms with E-state index in [1.165, 1.54) is 30.4 Å². The SMILES string of the molecule is CSC1(CNCc2ccc(C)cc2)CCC1. The summed E-state index contributed by atoms with van der Waals surface area (Å²) in [6.07, 6.45) is 6.42. The van der Waals surface area contributed by atoms with E-state index in [0.717, 1.165) is 13.1 Å².